The van der Waals surface area contributed by atoms with E-state index in [2.05, 4.69) is 19.7 Å². The minimum atomic E-state index is -4.85. The van der Waals surface area contributed by atoms with E-state index in [-0.39, 0.29) is 22.7 Å². The van der Waals surface area contributed by atoms with Crippen molar-refractivity contribution in [3.8, 4) is 11.5 Å². The van der Waals surface area contributed by atoms with E-state index in [1.807, 2.05) is 0 Å². The Bertz CT molecular complexity index is 1390. The van der Waals surface area contributed by atoms with Crippen molar-refractivity contribution in [3.63, 3.8) is 0 Å². The Balaban J connectivity index is 2.32. The van der Waals surface area contributed by atoms with Crippen molar-refractivity contribution in [1.82, 2.24) is 29.1 Å². The summed E-state index contributed by atoms with van der Waals surface area (Å²) in [6, 6.07) is 0.439. The van der Waals surface area contributed by atoms with Gasteiger partial charge in [0, 0.05) is 33.5 Å². The molecule has 8 nitrogen and oxygen atoms in total. The lowest BCUT2D eigenvalue weighted by Gasteiger charge is -2.20. The van der Waals surface area contributed by atoms with Crippen molar-refractivity contribution in [2.75, 3.05) is 14.1 Å². The number of amides is 2. The predicted octanol–water partition coefficient (Wildman–Crippen LogP) is 3.72. The van der Waals surface area contributed by atoms with E-state index in [4.69, 9.17) is 0 Å². The molecule has 0 saturated heterocycles. The summed E-state index contributed by atoms with van der Waals surface area (Å²) in [5, 5.41) is 1.01. The Labute approximate surface area is 189 Å². The Hall–Kier alpha value is -3.36. The smallest absolute Gasteiger partial charge is 0.330 e. The highest BCUT2D eigenvalue weighted by Crippen LogP contribution is 2.35. The van der Waals surface area contributed by atoms with Crippen LogP contribution < -0.4 is 4.72 Å². The summed E-state index contributed by atoms with van der Waals surface area (Å²) in [4.78, 5) is 24.3. The van der Waals surface area contributed by atoms with Gasteiger partial charge in [-0.25, -0.2) is 19.0 Å². The van der Waals surface area contributed by atoms with E-state index >= 15 is 0 Å². The van der Waals surface area contributed by atoms with Gasteiger partial charge in [-0.2, -0.15) is 26.3 Å². The Morgan fingerprint density at radius 1 is 1.06 bits per heavy atom. The summed E-state index contributed by atoms with van der Waals surface area (Å²) < 4.78 is 96.5. The molecule has 1 unspecified atom stereocenters. The number of aromatic nitrogens is 4. The van der Waals surface area contributed by atoms with E-state index in [1.54, 1.807) is 0 Å². The maximum atomic E-state index is 13.6. The fourth-order valence-electron chi connectivity index (χ4n) is 2.90. The van der Waals surface area contributed by atoms with Gasteiger partial charge in [-0.3, -0.25) is 9.71 Å². The highest BCUT2D eigenvalue weighted by molar-refractivity contribution is 8.00. The zero-order valence-electron chi connectivity index (χ0n) is 18.1. The fourth-order valence-corrected chi connectivity index (χ4v) is 4.56. The molecule has 3 aromatic rings. The van der Waals surface area contributed by atoms with E-state index < -0.39 is 44.1 Å². The van der Waals surface area contributed by atoms with Gasteiger partial charge in [0.1, 0.15) is 11.2 Å². The molecule has 0 bridgehead atoms. The molecule has 15 heteroatoms. The third-order valence-corrected chi connectivity index (χ3v) is 6.84. The lowest BCUT2D eigenvalue weighted by molar-refractivity contribution is -0.138. The van der Waals surface area contributed by atoms with E-state index in [9.17, 15) is 35.3 Å². The molecule has 0 aliphatic rings. The van der Waals surface area contributed by atoms with Crippen LogP contribution in [0.25, 0.3) is 22.7 Å². The largest absolute Gasteiger partial charge is 0.417 e. The molecule has 3 aromatic heterocycles. The summed E-state index contributed by atoms with van der Waals surface area (Å²) in [5.74, 6) is -0.195. The number of alkyl halides is 6. The average molecular weight is 508 g/mol. The van der Waals surface area contributed by atoms with Crippen LogP contribution in [0.2, 0.25) is 0 Å². The number of nitrogens with one attached hydrogen (secondary N) is 1. The molecule has 2 amide bonds. The van der Waals surface area contributed by atoms with Crippen LogP contribution in [0.3, 0.4) is 0 Å². The maximum absolute atomic E-state index is 13.6. The van der Waals surface area contributed by atoms with E-state index in [1.165, 1.54) is 32.6 Å². The first-order valence-corrected chi connectivity index (χ1v) is 11.0. The molecule has 0 aliphatic heterocycles. The normalized spacial score (nSPS) is 14.1. The highest BCUT2D eigenvalue weighted by Gasteiger charge is 2.35. The van der Waals surface area contributed by atoms with Gasteiger partial charge in [0.25, 0.3) is 0 Å². The molecule has 0 fully saturated rings. The molecular formula is C19H18F6N6O2S. The lowest BCUT2D eigenvalue weighted by Crippen LogP contribution is -2.39. The van der Waals surface area contributed by atoms with Crippen LogP contribution in [0, 0.1) is 0 Å². The quantitative estimate of drug-likeness (QED) is 0.430. The minimum absolute atomic E-state index is 0.0139. The summed E-state index contributed by atoms with van der Waals surface area (Å²) in [7, 11) is 0.263. The molecule has 0 saturated carbocycles. The van der Waals surface area contributed by atoms with Gasteiger partial charge in [0.2, 0.25) is 0 Å². The number of imidazole rings is 1. The number of hydrogen-bond donors (Lipinski definition) is 1. The van der Waals surface area contributed by atoms with Gasteiger partial charge in [0.15, 0.2) is 11.5 Å². The zero-order valence-corrected chi connectivity index (χ0v) is 18.9. The van der Waals surface area contributed by atoms with Crippen LogP contribution in [0.4, 0.5) is 31.1 Å². The number of fused-ring (bicyclic) bond motifs is 1. The fraction of sp³-hybridized carbons (Fsp3) is 0.316. The highest BCUT2D eigenvalue weighted by atomic mass is 32.2. The predicted molar refractivity (Wildman–Crippen MR) is 112 cm³/mol. The molecular weight excluding hydrogens is 490 g/mol. The average Bonchev–Trinajstić information content (AvgIpc) is 3.07. The summed E-state index contributed by atoms with van der Waals surface area (Å²) in [6.45, 7) is 1.27. The second kappa shape index (κ2) is 8.45. The number of halogens is 6. The van der Waals surface area contributed by atoms with Gasteiger partial charge < -0.3 is 9.47 Å². The van der Waals surface area contributed by atoms with Crippen molar-refractivity contribution in [2.24, 2.45) is 7.05 Å². The Morgan fingerprint density at radius 3 is 2.15 bits per heavy atom. The van der Waals surface area contributed by atoms with E-state index in [0.29, 0.717) is 18.5 Å². The van der Waals surface area contributed by atoms with Gasteiger partial charge in [-0.05, 0) is 24.4 Å². The van der Waals surface area contributed by atoms with Crippen LogP contribution in [-0.2, 0) is 29.1 Å². The molecule has 1 N–H and O–H groups in total. The topological polar surface area (TPSA) is 93.0 Å². The van der Waals surface area contributed by atoms with Crippen molar-refractivity contribution < 1.29 is 35.3 Å². The molecule has 0 radical (unpaired) electrons. The molecule has 184 valence electrons. The molecule has 0 spiro atoms. The Kier molecular flexibility index (Phi) is 6.28. The monoisotopic (exact) mass is 508 g/mol. The number of pyridine rings is 2. The number of carbonyl (C=O) groups is 1. The number of hydrogen-bond acceptors (Lipinski definition) is 5. The van der Waals surface area contributed by atoms with Crippen molar-refractivity contribution in [1.29, 1.82) is 0 Å². The molecule has 0 aromatic carbocycles. The first kappa shape index (κ1) is 25.3. The van der Waals surface area contributed by atoms with Gasteiger partial charge >= 0.3 is 18.4 Å². The lowest BCUT2D eigenvalue weighted by atomic mass is 10.2. The summed E-state index contributed by atoms with van der Waals surface area (Å²) >= 11 is 0. The number of aryl methyl sites for hydroxylation is 1. The van der Waals surface area contributed by atoms with Crippen LogP contribution >= 0.6 is 0 Å². The standard InChI is InChI=1S/C19H18F6N6O2S/c1-5-34(33,29-17(32)30(2)3)13-7-11(19(23,24)25)8-26-14(13)16-28-12-6-10(18(20,21)22)9-27-15(12)31(16)4/h5-9H,1-4H3,(H,29,32,33). The third-order valence-electron chi connectivity index (χ3n) is 4.73. The first-order valence-electron chi connectivity index (χ1n) is 9.38. The number of carbonyl (C=O) groups excluding carboxylic acids is 1. The van der Waals surface area contributed by atoms with Crippen LogP contribution in [0.15, 0.2) is 29.4 Å². The van der Waals surface area contributed by atoms with Gasteiger partial charge in [-0.1, -0.05) is 0 Å². The molecule has 1 atom stereocenters. The first-order chi connectivity index (χ1) is 15.6. The van der Waals surface area contributed by atoms with E-state index in [0.717, 1.165) is 16.3 Å². The third kappa shape index (κ3) is 4.64. The SMILES string of the molecule is CC=S(=O)(NC(=O)N(C)C)c1cc(C(F)(F)F)cnc1-c1nc2cc(C(F)(F)F)cnc2n1C. The van der Waals surface area contributed by atoms with Gasteiger partial charge in [-0.15, -0.1) is 0 Å². The molecule has 3 heterocycles. The van der Waals surface area contributed by atoms with Crippen LogP contribution in [0.5, 0.6) is 0 Å². The van der Waals surface area contributed by atoms with Crippen LogP contribution in [0.1, 0.15) is 18.1 Å². The molecule has 34 heavy (non-hydrogen) atoms. The number of urea groups is 1. The minimum Gasteiger partial charge on any atom is -0.330 e. The Morgan fingerprint density at radius 2 is 1.62 bits per heavy atom. The van der Waals surface area contributed by atoms with Gasteiger partial charge in [0.05, 0.1) is 25.7 Å². The molecule has 0 aliphatic carbocycles. The van der Waals surface area contributed by atoms with Crippen molar-refractivity contribution in [3.05, 3.63) is 35.7 Å². The maximum Gasteiger partial charge on any atom is 0.417 e. The molecule has 3 rings (SSSR count). The zero-order chi connectivity index (χ0) is 25.6. The number of nitrogens with zero attached hydrogens (tertiary/aromatic N) is 5. The summed E-state index contributed by atoms with van der Waals surface area (Å²) in [6.07, 6.45) is -8.47. The van der Waals surface area contributed by atoms with Crippen molar-refractivity contribution in [2.45, 2.75) is 24.2 Å². The van der Waals surface area contributed by atoms with Crippen LogP contribution in [-0.4, -0.2) is 54.1 Å². The second-order valence-electron chi connectivity index (χ2n) is 7.27. The summed E-state index contributed by atoms with van der Waals surface area (Å²) in [5.41, 5.74) is -2.86. The second-order valence-corrected chi connectivity index (χ2v) is 9.58. The number of rotatable bonds is 3. The van der Waals surface area contributed by atoms with Crippen molar-refractivity contribution >= 4 is 32.3 Å².